The summed E-state index contributed by atoms with van der Waals surface area (Å²) in [6.45, 7) is 7.83. The smallest absolute Gasteiger partial charge is 0.251 e. The normalized spacial score (nSPS) is 21.4. The standard InChI is InChI=1S/C26H33N3O2/c1-4-29(5-2)16-15-27-26(30)18-13-14-23-22(17-18)19-10-8-11-20(19)25(28-23)21-9-6-7-12-24(21)31-3/h6-10,12-14,17,19-20,25,28H,4-5,11,15-16H2,1-3H3,(H,27,30). The van der Waals surface area contributed by atoms with Crippen LogP contribution in [0.2, 0.25) is 0 Å². The van der Waals surface area contributed by atoms with E-state index in [9.17, 15) is 4.79 Å². The molecule has 31 heavy (non-hydrogen) atoms. The van der Waals surface area contributed by atoms with Crippen LogP contribution in [0, 0.1) is 5.92 Å². The van der Waals surface area contributed by atoms with Crippen molar-refractivity contribution in [3.63, 3.8) is 0 Å². The van der Waals surface area contributed by atoms with Gasteiger partial charge >= 0.3 is 0 Å². The number of hydrogen-bond acceptors (Lipinski definition) is 4. The second-order valence-corrected chi connectivity index (χ2v) is 8.30. The van der Waals surface area contributed by atoms with Crippen LogP contribution in [-0.4, -0.2) is 44.1 Å². The van der Waals surface area contributed by atoms with Crippen molar-refractivity contribution in [3.8, 4) is 5.75 Å². The third-order valence-electron chi connectivity index (χ3n) is 6.71. The predicted molar refractivity (Wildman–Crippen MR) is 126 cm³/mol. The van der Waals surface area contributed by atoms with Crippen molar-refractivity contribution in [1.29, 1.82) is 0 Å². The highest BCUT2D eigenvalue weighted by Crippen LogP contribution is 2.51. The number of methoxy groups -OCH3 is 1. The third-order valence-corrected chi connectivity index (χ3v) is 6.71. The lowest BCUT2D eigenvalue weighted by Crippen LogP contribution is -2.35. The van der Waals surface area contributed by atoms with Gasteiger partial charge in [0, 0.05) is 35.8 Å². The van der Waals surface area contributed by atoms with Crippen LogP contribution in [0.15, 0.2) is 54.6 Å². The summed E-state index contributed by atoms with van der Waals surface area (Å²) < 4.78 is 5.64. The molecule has 0 saturated heterocycles. The summed E-state index contributed by atoms with van der Waals surface area (Å²) in [5, 5.41) is 6.82. The minimum Gasteiger partial charge on any atom is -0.496 e. The minimum absolute atomic E-state index is 0.000310. The van der Waals surface area contributed by atoms with Gasteiger partial charge in [-0.15, -0.1) is 0 Å². The Hall–Kier alpha value is -2.79. The van der Waals surface area contributed by atoms with E-state index in [2.05, 4.69) is 65.8 Å². The van der Waals surface area contributed by atoms with Crippen molar-refractivity contribution in [2.45, 2.75) is 32.2 Å². The number of fused-ring (bicyclic) bond motifs is 3. The fraction of sp³-hybridized carbons (Fsp3) is 0.423. The van der Waals surface area contributed by atoms with E-state index in [1.54, 1.807) is 7.11 Å². The molecule has 1 heterocycles. The van der Waals surface area contributed by atoms with Crippen molar-refractivity contribution < 1.29 is 9.53 Å². The first-order valence-corrected chi connectivity index (χ1v) is 11.4. The number of benzene rings is 2. The number of allylic oxidation sites excluding steroid dienone is 2. The molecule has 2 aromatic rings. The summed E-state index contributed by atoms with van der Waals surface area (Å²) in [5.41, 5.74) is 4.23. The number of carbonyl (C=O) groups excluding carboxylic acids is 1. The monoisotopic (exact) mass is 419 g/mol. The Bertz CT molecular complexity index is 951. The number of carbonyl (C=O) groups is 1. The molecular weight excluding hydrogens is 386 g/mol. The molecule has 0 saturated carbocycles. The average Bonchev–Trinajstić information content (AvgIpc) is 3.31. The number of rotatable bonds is 8. The van der Waals surface area contributed by atoms with Gasteiger partial charge in [0.25, 0.3) is 5.91 Å². The number of hydrogen-bond donors (Lipinski definition) is 2. The van der Waals surface area contributed by atoms with Crippen molar-refractivity contribution in [2.24, 2.45) is 5.92 Å². The topological polar surface area (TPSA) is 53.6 Å². The first-order valence-electron chi connectivity index (χ1n) is 11.4. The van der Waals surface area contributed by atoms with Crippen molar-refractivity contribution in [3.05, 3.63) is 71.3 Å². The quantitative estimate of drug-likeness (QED) is 0.615. The number of ether oxygens (including phenoxy) is 1. The largest absolute Gasteiger partial charge is 0.496 e. The number of likely N-dealkylation sites (N-methyl/N-ethyl adjacent to an activating group) is 1. The van der Waals surface area contributed by atoms with Gasteiger partial charge in [0.1, 0.15) is 5.75 Å². The molecule has 0 bridgehead atoms. The van der Waals surface area contributed by atoms with Gasteiger partial charge in [-0.3, -0.25) is 4.79 Å². The highest BCUT2D eigenvalue weighted by atomic mass is 16.5. The molecule has 2 N–H and O–H groups in total. The molecule has 5 nitrogen and oxygen atoms in total. The van der Waals surface area contributed by atoms with Crippen molar-refractivity contribution >= 4 is 11.6 Å². The molecule has 0 radical (unpaired) electrons. The van der Waals surface area contributed by atoms with Crippen LogP contribution in [0.25, 0.3) is 0 Å². The van der Waals surface area contributed by atoms with E-state index in [-0.39, 0.29) is 11.9 Å². The Kier molecular flexibility index (Phi) is 6.62. The summed E-state index contributed by atoms with van der Waals surface area (Å²) >= 11 is 0. The molecule has 164 valence electrons. The van der Waals surface area contributed by atoms with Gasteiger partial charge in [0.05, 0.1) is 13.2 Å². The Morgan fingerprint density at radius 1 is 1.16 bits per heavy atom. The van der Waals surface area contributed by atoms with Crippen LogP contribution in [0.4, 0.5) is 5.69 Å². The lowest BCUT2D eigenvalue weighted by Gasteiger charge is -2.38. The molecule has 3 atom stereocenters. The number of nitrogens with one attached hydrogen (secondary N) is 2. The Morgan fingerprint density at radius 3 is 2.74 bits per heavy atom. The van der Waals surface area contributed by atoms with Crippen LogP contribution >= 0.6 is 0 Å². The molecule has 2 aromatic carbocycles. The summed E-state index contributed by atoms with van der Waals surface area (Å²) in [6.07, 6.45) is 5.58. The molecule has 3 unspecified atom stereocenters. The Balaban J connectivity index is 1.54. The highest BCUT2D eigenvalue weighted by molar-refractivity contribution is 5.95. The number of para-hydroxylation sites is 1. The zero-order chi connectivity index (χ0) is 21.8. The van der Waals surface area contributed by atoms with E-state index in [1.165, 1.54) is 11.1 Å². The third kappa shape index (κ3) is 4.33. The second kappa shape index (κ2) is 9.56. The maximum Gasteiger partial charge on any atom is 0.251 e. The van der Waals surface area contributed by atoms with Crippen molar-refractivity contribution in [2.75, 3.05) is 38.6 Å². The zero-order valence-corrected chi connectivity index (χ0v) is 18.7. The highest BCUT2D eigenvalue weighted by Gasteiger charge is 2.39. The van der Waals surface area contributed by atoms with Gasteiger partial charge in [-0.2, -0.15) is 0 Å². The van der Waals surface area contributed by atoms with Crippen LogP contribution in [-0.2, 0) is 0 Å². The van der Waals surface area contributed by atoms with Gasteiger partial charge in [0.2, 0.25) is 0 Å². The van der Waals surface area contributed by atoms with Crippen LogP contribution in [0.3, 0.4) is 0 Å². The summed E-state index contributed by atoms with van der Waals surface area (Å²) in [7, 11) is 1.73. The van der Waals surface area contributed by atoms with Gasteiger partial charge in [-0.25, -0.2) is 0 Å². The van der Waals surface area contributed by atoms with Gasteiger partial charge in [-0.1, -0.05) is 44.2 Å². The van der Waals surface area contributed by atoms with Gasteiger partial charge < -0.3 is 20.3 Å². The molecule has 0 aromatic heterocycles. The average molecular weight is 420 g/mol. The van der Waals surface area contributed by atoms with Crippen molar-refractivity contribution in [1.82, 2.24) is 10.2 Å². The van der Waals surface area contributed by atoms with Crippen LogP contribution in [0.5, 0.6) is 5.75 Å². The summed E-state index contributed by atoms with van der Waals surface area (Å²) in [6, 6.07) is 14.5. The number of nitrogens with zero attached hydrogens (tertiary/aromatic N) is 1. The fourth-order valence-corrected chi connectivity index (χ4v) is 4.94. The maximum absolute atomic E-state index is 12.8. The molecule has 1 aliphatic carbocycles. The number of anilines is 1. The molecule has 0 spiro atoms. The van der Waals surface area contributed by atoms with E-state index < -0.39 is 0 Å². The SMILES string of the molecule is CCN(CC)CCNC(=O)c1ccc2c(c1)C1C=CCC1C(c1ccccc1OC)N2. The summed E-state index contributed by atoms with van der Waals surface area (Å²) in [5.74, 6) is 1.62. The molecule has 1 aliphatic heterocycles. The van der Waals surface area contributed by atoms with Gasteiger partial charge in [-0.05, 0) is 55.3 Å². The molecule has 4 rings (SSSR count). The lowest BCUT2D eigenvalue weighted by molar-refractivity contribution is 0.0948. The number of amides is 1. The van der Waals surface area contributed by atoms with E-state index in [1.807, 2.05) is 18.2 Å². The second-order valence-electron chi connectivity index (χ2n) is 8.30. The molecular formula is C26H33N3O2. The van der Waals surface area contributed by atoms with E-state index in [4.69, 9.17) is 4.74 Å². The summed E-state index contributed by atoms with van der Waals surface area (Å²) in [4.78, 5) is 15.1. The Labute approximate surface area is 185 Å². The lowest BCUT2D eigenvalue weighted by atomic mass is 9.76. The van der Waals surface area contributed by atoms with E-state index >= 15 is 0 Å². The zero-order valence-electron chi connectivity index (χ0n) is 18.7. The molecule has 2 aliphatic rings. The van der Waals surface area contributed by atoms with E-state index in [0.29, 0.717) is 18.4 Å². The first kappa shape index (κ1) is 21.4. The minimum atomic E-state index is 0.000310. The Morgan fingerprint density at radius 2 is 1.97 bits per heavy atom. The molecule has 0 fully saturated rings. The molecule has 1 amide bonds. The first-order chi connectivity index (χ1) is 15.2. The van der Waals surface area contributed by atoms with Gasteiger partial charge in [0.15, 0.2) is 0 Å². The van der Waals surface area contributed by atoms with E-state index in [0.717, 1.165) is 43.1 Å². The van der Waals surface area contributed by atoms with Crippen LogP contribution < -0.4 is 15.4 Å². The predicted octanol–water partition coefficient (Wildman–Crippen LogP) is 4.59. The maximum atomic E-state index is 12.8. The van der Waals surface area contributed by atoms with Crippen LogP contribution in [0.1, 0.15) is 53.7 Å². The fourth-order valence-electron chi connectivity index (χ4n) is 4.94. The molecule has 5 heteroatoms.